The van der Waals surface area contributed by atoms with Crippen molar-refractivity contribution < 1.29 is 13.2 Å². The Balaban J connectivity index is 1.59. The Hall–Kier alpha value is -2.06. The minimum Gasteiger partial charge on any atom is -0.492 e. The summed E-state index contributed by atoms with van der Waals surface area (Å²) in [5.41, 5.74) is 1.72. The van der Waals surface area contributed by atoms with Crippen molar-refractivity contribution in [1.82, 2.24) is 9.71 Å². The van der Waals surface area contributed by atoms with Crippen molar-refractivity contribution in [3.05, 3.63) is 58.7 Å². The van der Waals surface area contributed by atoms with Gasteiger partial charge < -0.3 is 10.1 Å². The number of benzene rings is 2. The van der Waals surface area contributed by atoms with Gasteiger partial charge in [0.25, 0.3) is 0 Å². The SMILES string of the molecule is CCOc1ccc(Cl)cc1S(=O)(=O)NCCCNc1ccnc2cc(Cl)ccc12. The van der Waals surface area contributed by atoms with Crippen LogP contribution in [-0.2, 0) is 10.0 Å². The standard InChI is InChI=1S/C20H21Cl2N3O3S/c1-2-28-19-7-5-15(22)13-20(19)29(26,27)25-10-3-9-23-17-8-11-24-18-12-14(21)4-6-16(17)18/h4-8,11-13,25H,2-3,9-10H2,1H3,(H,23,24). The van der Waals surface area contributed by atoms with E-state index in [1.54, 1.807) is 31.3 Å². The van der Waals surface area contributed by atoms with Crippen molar-refractivity contribution in [3.63, 3.8) is 0 Å². The Bertz CT molecular complexity index is 1110. The van der Waals surface area contributed by atoms with Crippen molar-refractivity contribution in [3.8, 4) is 5.75 Å². The molecule has 2 aromatic carbocycles. The van der Waals surface area contributed by atoms with Crippen molar-refractivity contribution in [2.75, 3.05) is 25.0 Å². The Morgan fingerprint density at radius 2 is 1.79 bits per heavy atom. The van der Waals surface area contributed by atoms with Crippen LogP contribution in [-0.4, -0.2) is 33.1 Å². The van der Waals surface area contributed by atoms with Crippen LogP contribution in [0.15, 0.2) is 53.6 Å². The van der Waals surface area contributed by atoms with E-state index in [2.05, 4.69) is 15.0 Å². The van der Waals surface area contributed by atoms with E-state index in [4.69, 9.17) is 27.9 Å². The number of aromatic nitrogens is 1. The molecular formula is C20H21Cl2N3O3S. The molecule has 0 aliphatic rings. The Kier molecular flexibility index (Phi) is 7.18. The molecule has 6 nitrogen and oxygen atoms in total. The van der Waals surface area contributed by atoms with Gasteiger partial charge in [0.1, 0.15) is 10.6 Å². The summed E-state index contributed by atoms with van der Waals surface area (Å²) >= 11 is 12.0. The number of halogens is 2. The van der Waals surface area contributed by atoms with Crippen molar-refractivity contribution in [2.24, 2.45) is 0 Å². The fourth-order valence-electron chi connectivity index (χ4n) is 2.84. The topological polar surface area (TPSA) is 80.3 Å². The van der Waals surface area contributed by atoms with Gasteiger partial charge in [0.15, 0.2) is 0 Å². The molecule has 0 fully saturated rings. The maximum absolute atomic E-state index is 12.6. The molecule has 0 radical (unpaired) electrons. The predicted molar refractivity (Wildman–Crippen MR) is 118 cm³/mol. The lowest BCUT2D eigenvalue weighted by Crippen LogP contribution is -2.26. The quantitative estimate of drug-likeness (QED) is 0.458. The number of fused-ring (bicyclic) bond motifs is 1. The molecule has 3 aromatic rings. The monoisotopic (exact) mass is 453 g/mol. The molecule has 0 bridgehead atoms. The smallest absolute Gasteiger partial charge is 0.244 e. The molecule has 1 heterocycles. The second kappa shape index (κ2) is 9.63. The van der Waals surface area contributed by atoms with Gasteiger partial charge in [-0.3, -0.25) is 4.98 Å². The number of ether oxygens (including phenoxy) is 1. The van der Waals surface area contributed by atoms with Gasteiger partial charge in [0.2, 0.25) is 10.0 Å². The molecule has 1 aromatic heterocycles. The third kappa shape index (κ3) is 5.51. The van der Waals surface area contributed by atoms with Crippen LogP contribution in [0, 0.1) is 0 Å². The summed E-state index contributed by atoms with van der Waals surface area (Å²) in [6.45, 7) is 3.00. The van der Waals surface area contributed by atoms with Crippen LogP contribution in [0.2, 0.25) is 10.0 Å². The van der Waals surface area contributed by atoms with Crippen LogP contribution in [0.5, 0.6) is 5.75 Å². The highest BCUT2D eigenvalue weighted by Crippen LogP contribution is 2.27. The van der Waals surface area contributed by atoms with E-state index < -0.39 is 10.0 Å². The third-order valence-electron chi connectivity index (χ3n) is 4.16. The first-order valence-corrected chi connectivity index (χ1v) is 11.3. The summed E-state index contributed by atoms with van der Waals surface area (Å²) < 4.78 is 33.3. The van der Waals surface area contributed by atoms with Crippen molar-refractivity contribution in [1.29, 1.82) is 0 Å². The number of rotatable bonds is 9. The van der Waals surface area contributed by atoms with Gasteiger partial charge >= 0.3 is 0 Å². The number of hydrogen-bond donors (Lipinski definition) is 2. The van der Waals surface area contributed by atoms with E-state index in [1.807, 2.05) is 18.2 Å². The second-order valence-corrected chi connectivity index (χ2v) is 8.83. The average molecular weight is 454 g/mol. The molecule has 0 saturated carbocycles. The van der Waals surface area contributed by atoms with Crippen LogP contribution < -0.4 is 14.8 Å². The normalized spacial score (nSPS) is 11.6. The average Bonchev–Trinajstić information content (AvgIpc) is 2.69. The summed E-state index contributed by atoms with van der Waals surface area (Å²) in [7, 11) is -3.73. The molecule has 0 unspecified atom stereocenters. The lowest BCUT2D eigenvalue weighted by atomic mass is 10.2. The molecule has 0 spiro atoms. The fourth-order valence-corrected chi connectivity index (χ4v) is 4.48. The Morgan fingerprint density at radius 3 is 2.59 bits per heavy atom. The van der Waals surface area contributed by atoms with Gasteiger partial charge in [-0.2, -0.15) is 0 Å². The van der Waals surface area contributed by atoms with Gasteiger partial charge in [-0.05, 0) is 55.8 Å². The van der Waals surface area contributed by atoms with Crippen LogP contribution in [0.1, 0.15) is 13.3 Å². The van der Waals surface area contributed by atoms with Crippen LogP contribution >= 0.6 is 23.2 Å². The molecule has 29 heavy (non-hydrogen) atoms. The number of nitrogens with zero attached hydrogens (tertiary/aromatic N) is 1. The second-order valence-electron chi connectivity index (χ2n) is 6.22. The van der Waals surface area contributed by atoms with E-state index in [1.165, 1.54) is 6.07 Å². The van der Waals surface area contributed by atoms with Crippen LogP contribution in [0.4, 0.5) is 5.69 Å². The molecular weight excluding hydrogens is 433 g/mol. The van der Waals surface area contributed by atoms with Gasteiger partial charge in [-0.15, -0.1) is 0 Å². The maximum Gasteiger partial charge on any atom is 0.244 e. The number of nitrogens with one attached hydrogen (secondary N) is 2. The largest absolute Gasteiger partial charge is 0.492 e. The van der Waals surface area contributed by atoms with Crippen LogP contribution in [0.25, 0.3) is 10.9 Å². The van der Waals surface area contributed by atoms with E-state index in [0.29, 0.717) is 29.6 Å². The highest BCUT2D eigenvalue weighted by atomic mass is 35.5. The van der Waals surface area contributed by atoms with Crippen molar-refractivity contribution in [2.45, 2.75) is 18.2 Å². The van der Waals surface area contributed by atoms with E-state index in [9.17, 15) is 8.42 Å². The van der Waals surface area contributed by atoms with Gasteiger partial charge in [0, 0.05) is 40.4 Å². The number of sulfonamides is 1. The van der Waals surface area contributed by atoms with Gasteiger partial charge in [-0.1, -0.05) is 23.2 Å². The summed E-state index contributed by atoms with van der Waals surface area (Å²) in [4.78, 5) is 4.34. The minimum absolute atomic E-state index is 0.0387. The van der Waals surface area contributed by atoms with Crippen LogP contribution in [0.3, 0.4) is 0 Å². The number of pyridine rings is 1. The molecule has 2 N–H and O–H groups in total. The lowest BCUT2D eigenvalue weighted by molar-refractivity contribution is 0.331. The predicted octanol–water partition coefficient (Wildman–Crippen LogP) is 4.72. The molecule has 0 saturated heterocycles. The zero-order valence-corrected chi connectivity index (χ0v) is 18.1. The summed E-state index contributed by atoms with van der Waals surface area (Å²) in [5, 5.41) is 5.23. The molecule has 9 heteroatoms. The molecule has 0 amide bonds. The highest BCUT2D eigenvalue weighted by Gasteiger charge is 2.19. The number of anilines is 1. The highest BCUT2D eigenvalue weighted by molar-refractivity contribution is 7.89. The summed E-state index contributed by atoms with van der Waals surface area (Å²) in [6.07, 6.45) is 2.29. The first kappa shape index (κ1) is 21.6. The maximum atomic E-state index is 12.6. The molecule has 0 aliphatic carbocycles. The van der Waals surface area contributed by atoms with E-state index in [-0.39, 0.29) is 17.2 Å². The molecule has 0 aliphatic heterocycles. The first-order valence-electron chi connectivity index (χ1n) is 9.11. The lowest BCUT2D eigenvalue weighted by Gasteiger charge is -2.13. The zero-order chi connectivity index (χ0) is 20.9. The fraction of sp³-hybridized carbons (Fsp3) is 0.250. The summed E-state index contributed by atoms with van der Waals surface area (Å²) in [6, 6.07) is 11.9. The molecule has 154 valence electrons. The first-order chi connectivity index (χ1) is 13.9. The Labute approximate surface area is 180 Å². The Morgan fingerprint density at radius 1 is 1.03 bits per heavy atom. The zero-order valence-electron chi connectivity index (χ0n) is 15.8. The summed E-state index contributed by atoms with van der Waals surface area (Å²) in [5.74, 6) is 0.282. The molecule has 0 atom stereocenters. The van der Waals surface area contributed by atoms with E-state index in [0.717, 1.165) is 16.6 Å². The van der Waals surface area contributed by atoms with Gasteiger partial charge in [-0.25, -0.2) is 13.1 Å². The van der Waals surface area contributed by atoms with Gasteiger partial charge in [0.05, 0.1) is 12.1 Å². The molecule has 3 rings (SSSR count). The number of hydrogen-bond acceptors (Lipinski definition) is 5. The third-order valence-corrected chi connectivity index (χ3v) is 6.11. The minimum atomic E-state index is -3.73. The van der Waals surface area contributed by atoms with Crippen molar-refractivity contribution >= 4 is 49.8 Å². The van der Waals surface area contributed by atoms with E-state index >= 15 is 0 Å².